The summed E-state index contributed by atoms with van der Waals surface area (Å²) in [4.78, 5) is 43.1. The summed E-state index contributed by atoms with van der Waals surface area (Å²) in [5.74, 6) is 0.434. The van der Waals surface area contributed by atoms with E-state index in [0.29, 0.717) is 11.3 Å². The monoisotopic (exact) mass is 502 g/mol. The van der Waals surface area contributed by atoms with E-state index in [-0.39, 0.29) is 35.5 Å². The zero-order valence-corrected chi connectivity index (χ0v) is 19.6. The van der Waals surface area contributed by atoms with E-state index in [9.17, 15) is 18.8 Å². The third kappa shape index (κ3) is 5.43. The molecule has 2 heterocycles. The fraction of sp³-hybridized carbons (Fsp3) is 0.111. The summed E-state index contributed by atoms with van der Waals surface area (Å²) >= 11 is 5.79. The van der Waals surface area contributed by atoms with E-state index in [0.717, 1.165) is 6.07 Å². The summed E-state index contributed by atoms with van der Waals surface area (Å²) in [6, 6.07) is 18.0. The van der Waals surface area contributed by atoms with Crippen LogP contribution in [0.3, 0.4) is 0 Å². The Balaban J connectivity index is 1.68. The first-order valence-corrected chi connectivity index (χ1v) is 11.3. The molecule has 0 saturated heterocycles. The number of hydrogen-bond donors (Lipinski definition) is 2. The molecule has 180 valence electrons. The lowest BCUT2D eigenvalue weighted by Crippen LogP contribution is -2.35. The van der Waals surface area contributed by atoms with Crippen LogP contribution in [0, 0.1) is 18.2 Å². The maximum Gasteiger partial charge on any atom is 0.257 e. The molecule has 4 aromatic rings. The van der Waals surface area contributed by atoms with Crippen LogP contribution >= 0.6 is 11.6 Å². The fourth-order valence-corrected chi connectivity index (χ4v) is 3.87. The van der Waals surface area contributed by atoms with E-state index >= 15 is 0 Å². The van der Waals surface area contributed by atoms with E-state index in [1.807, 2.05) is 6.07 Å². The van der Waals surface area contributed by atoms with Crippen molar-refractivity contribution in [1.82, 2.24) is 14.9 Å². The SMILES string of the molecule is C#CCn1cc(C(=O)NC(CC(=O)Nc2ccccc2)c2ccccc2)c(=O)c2cc(F)c(Cl)nc21. The Kier molecular flexibility index (Phi) is 7.42. The topological polar surface area (TPSA) is 93.1 Å². The van der Waals surface area contributed by atoms with Gasteiger partial charge < -0.3 is 15.2 Å². The Labute approximate surface area is 210 Å². The number of carbonyl (C=O) groups is 2. The third-order valence-electron chi connectivity index (χ3n) is 5.42. The smallest absolute Gasteiger partial charge is 0.257 e. The van der Waals surface area contributed by atoms with Gasteiger partial charge in [0.05, 0.1) is 24.4 Å². The van der Waals surface area contributed by atoms with Gasteiger partial charge in [-0.1, -0.05) is 66.1 Å². The number of nitrogens with zero attached hydrogens (tertiary/aromatic N) is 2. The molecule has 9 heteroatoms. The standard InChI is InChI=1S/C27H20ClFN4O3/c1-2-13-33-16-20(24(35)19-14-21(29)25(28)32-26(19)33)27(36)31-22(17-9-5-3-6-10-17)15-23(34)30-18-11-7-4-8-12-18/h1,3-12,14,16,22H,13,15H2,(H,30,34)(H,31,36). The van der Waals surface area contributed by atoms with E-state index in [2.05, 4.69) is 21.5 Å². The van der Waals surface area contributed by atoms with Crippen molar-refractivity contribution < 1.29 is 14.0 Å². The van der Waals surface area contributed by atoms with Crippen LogP contribution in [-0.2, 0) is 11.3 Å². The number of rotatable bonds is 7. The first-order valence-electron chi connectivity index (χ1n) is 10.9. The van der Waals surface area contributed by atoms with Crippen molar-refractivity contribution in [2.75, 3.05) is 5.32 Å². The number of aromatic nitrogens is 2. The van der Waals surface area contributed by atoms with Crippen molar-refractivity contribution in [3.63, 3.8) is 0 Å². The van der Waals surface area contributed by atoms with Crippen molar-refractivity contribution in [3.05, 3.63) is 105 Å². The molecule has 2 N–H and O–H groups in total. The predicted molar refractivity (Wildman–Crippen MR) is 136 cm³/mol. The van der Waals surface area contributed by atoms with Gasteiger partial charge in [-0.15, -0.1) is 6.42 Å². The van der Waals surface area contributed by atoms with Crippen LogP contribution in [0.2, 0.25) is 5.15 Å². The summed E-state index contributed by atoms with van der Waals surface area (Å²) in [6.45, 7) is -0.0341. The molecular weight excluding hydrogens is 483 g/mol. The number of anilines is 1. The Hall–Kier alpha value is -4.48. The minimum atomic E-state index is -0.897. The molecule has 2 aromatic carbocycles. The molecule has 1 unspecified atom stereocenters. The first-order chi connectivity index (χ1) is 17.4. The summed E-state index contributed by atoms with van der Waals surface area (Å²) < 4.78 is 15.5. The van der Waals surface area contributed by atoms with Gasteiger partial charge in [0.25, 0.3) is 5.91 Å². The van der Waals surface area contributed by atoms with Crippen LogP contribution < -0.4 is 16.1 Å². The number of para-hydroxylation sites is 1. The maximum atomic E-state index is 14.1. The highest BCUT2D eigenvalue weighted by Crippen LogP contribution is 2.21. The minimum Gasteiger partial charge on any atom is -0.345 e. The second-order valence-electron chi connectivity index (χ2n) is 7.89. The molecule has 1 atom stereocenters. The zero-order chi connectivity index (χ0) is 25.7. The van der Waals surface area contributed by atoms with Gasteiger partial charge in [0.2, 0.25) is 11.3 Å². The maximum absolute atomic E-state index is 14.1. The van der Waals surface area contributed by atoms with Gasteiger partial charge in [0.1, 0.15) is 11.2 Å². The van der Waals surface area contributed by atoms with Crippen LogP contribution in [0.1, 0.15) is 28.4 Å². The number of terminal acetylenes is 1. The highest BCUT2D eigenvalue weighted by atomic mass is 35.5. The van der Waals surface area contributed by atoms with E-state index in [4.69, 9.17) is 18.0 Å². The lowest BCUT2D eigenvalue weighted by atomic mass is 10.0. The van der Waals surface area contributed by atoms with Crippen molar-refractivity contribution in [3.8, 4) is 12.3 Å². The molecule has 7 nitrogen and oxygen atoms in total. The number of amides is 2. The molecule has 0 radical (unpaired) electrons. The molecule has 0 aliphatic carbocycles. The molecule has 0 spiro atoms. The minimum absolute atomic E-state index is 0.0341. The van der Waals surface area contributed by atoms with Gasteiger partial charge in [0.15, 0.2) is 11.0 Å². The van der Waals surface area contributed by atoms with Crippen molar-refractivity contribution in [1.29, 1.82) is 0 Å². The molecule has 2 amide bonds. The molecule has 36 heavy (non-hydrogen) atoms. The Morgan fingerprint density at radius 3 is 2.44 bits per heavy atom. The lowest BCUT2D eigenvalue weighted by Gasteiger charge is -2.20. The Morgan fingerprint density at radius 2 is 1.78 bits per heavy atom. The summed E-state index contributed by atoms with van der Waals surface area (Å²) in [5.41, 5.74) is 0.326. The van der Waals surface area contributed by atoms with Crippen LogP contribution in [-0.4, -0.2) is 21.4 Å². The molecule has 0 saturated carbocycles. The number of pyridine rings is 2. The summed E-state index contributed by atoms with van der Waals surface area (Å²) in [6.07, 6.45) is 6.59. The van der Waals surface area contributed by atoms with Gasteiger partial charge in [-0.2, -0.15) is 0 Å². The van der Waals surface area contributed by atoms with Crippen LogP contribution in [0.4, 0.5) is 10.1 Å². The second kappa shape index (κ2) is 10.8. The lowest BCUT2D eigenvalue weighted by molar-refractivity contribution is -0.116. The zero-order valence-electron chi connectivity index (χ0n) is 18.9. The van der Waals surface area contributed by atoms with Crippen molar-refractivity contribution >= 4 is 40.1 Å². The Morgan fingerprint density at radius 1 is 1.11 bits per heavy atom. The fourth-order valence-electron chi connectivity index (χ4n) is 3.74. The highest BCUT2D eigenvalue weighted by Gasteiger charge is 2.23. The average Bonchev–Trinajstić information content (AvgIpc) is 2.87. The molecule has 4 rings (SSSR count). The van der Waals surface area contributed by atoms with Crippen LogP contribution in [0.15, 0.2) is 77.7 Å². The molecule has 0 fully saturated rings. The number of nitrogens with one attached hydrogen (secondary N) is 2. The molecule has 0 aliphatic heterocycles. The van der Waals surface area contributed by atoms with Crippen molar-refractivity contribution in [2.45, 2.75) is 19.0 Å². The number of hydrogen-bond acceptors (Lipinski definition) is 4. The molecule has 0 aliphatic rings. The Bertz CT molecular complexity index is 1530. The highest BCUT2D eigenvalue weighted by molar-refractivity contribution is 6.29. The molecule has 0 bridgehead atoms. The third-order valence-corrected chi connectivity index (χ3v) is 5.68. The quantitative estimate of drug-likeness (QED) is 0.291. The number of carbonyl (C=O) groups excluding carboxylic acids is 2. The predicted octanol–water partition coefficient (Wildman–Crippen LogP) is 4.32. The average molecular weight is 503 g/mol. The summed E-state index contributed by atoms with van der Waals surface area (Å²) in [7, 11) is 0. The normalized spacial score (nSPS) is 11.5. The van der Waals surface area contributed by atoms with Gasteiger partial charge in [-0.3, -0.25) is 14.4 Å². The van der Waals surface area contributed by atoms with Gasteiger partial charge in [0, 0.05) is 11.9 Å². The van der Waals surface area contributed by atoms with E-state index in [1.165, 1.54) is 10.8 Å². The number of halogens is 2. The number of benzene rings is 2. The van der Waals surface area contributed by atoms with Crippen LogP contribution in [0.25, 0.3) is 11.0 Å². The number of fused-ring (bicyclic) bond motifs is 1. The van der Waals surface area contributed by atoms with Crippen molar-refractivity contribution in [2.24, 2.45) is 0 Å². The van der Waals surface area contributed by atoms with E-state index < -0.39 is 28.3 Å². The summed E-state index contributed by atoms with van der Waals surface area (Å²) in [5, 5.41) is 4.99. The molecular formula is C27H20ClFN4O3. The largest absolute Gasteiger partial charge is 0.345 e. The van der Waals surface area contributed by atoms with Gasteiger partial charge in [-0.05, 0) is 23.8 Å². The first kappa shape index (κ1) is 24.6. The van der Waals surface area contributed by atoms with Gasteiger partial charge in [-0.25, -0.2) is 9.37 Å². The van der Waals surface area contributed by atoms with E-state index in [1.54, 1.807) is 54.6 Å². The second-order valence-corrected chi connectivity index (χ2v) is 8.25. The van der Waals surface area contributed by atoms with Crippen LogP contribution in [0.5, 0.6) is 0 Å². The van der Waals surface area contributed by atoms with Gasteiger partial charge >= 0.3 is 0 Å². The molecule has 2 aromatic heterocycles.